The van der Waals surface area contributed by atoms with Crippen molar-refractivity contribution in [2.75, 3.05) is 12.4 Å². The number of esters is 1. The average molecular weight is 389 g/mol. The molecule has 7 nitrogen and oxygen atoms in total. The standard InChI is InChI=1S/C22H19N3O4/c1-29-22(26)18-9-7-15-13-16(8-10-17(15)18)23-21-20(25(27)28)12-11-19(24-21)14-5-3-2-4-6-14/h2-6,8,10-13,18H,7,9H2,1H3,(H,23,24). The Morgan fingerprint density at radius 2 is 1.97 bits per heavy atom. The summed E-state index contributed by atoms with van der Waals surface area (Å²) in [5.74, 6) is -0.311. The minimum Gasteiger partial charge on any atom is -0.469 e. The van der Waals surface area contributed by atoms with Crippen molar-refractivity contribution in [2.45, 2.75) is 18.8 Å². The van der Waals surface area contributed by atoms with Crippen LogP contribution in [0.3, 0.4) is 0 Å². The van der Waals surface area contributed by atoms with Crippen molar-refractivity contribution in [3.05, 3.63) is 81.9 Å². The summed E-state index contributed by atoms with van der Waals surface area (Å²) in [7, 11) is 1.39. The van der Waals surface area contributed by atoms with Gasteiger partial charge in [-0.15, -0.1) is 0 Å². The predicted octanol–water partition coefficient (Wildman–Crippen LogP) is 4.60. The second-order valence-corrected chi connectivity index (χ2v) is 6.84. The van der Waals surface area contributed by atoms with Crippen molar-refractivity contribution in [1.82, 2.24) is 4.98 Å². The number of rotatable bonds is 5. The van der Waals surface area contributed by atoms with Crippen LogP contribution in [0, 0.1) is 10.1 Å². The third-order valence-electron chi connectivity index (χ3n) is 5.11. The number of carbonyl (C=O) groups is 1. The number of nitrogens with one attached hydrogen (secondary N) is 1. The number of hydrogen-bond acceptors (Lipinski definition) is 6. The zero-order valence-electron chi connectivity index (χ0n) is 15.8. The second-order valence-electron chi connectivity index (χ2n) is 6.84. The van der Waals surface area contributed by atoms with Gasteiger partial charge in [0.25, 0.3) is 0 Å². The first-order chi connectivity index (χ1) is 14.1. The fourth-order valence-electron chi connectivity index (χ4n) is 3.68. The normalized spacial score (nSPS) is 14.9. The molecule has 146 valence electrons. The quantitative estimate of drug-likeness (QED) is 0.389. The molecule has 0 radical (unpaired) electrons. The highest BCUT2D eigenvalue weighted by Gasteiger charge is 2.29. The molecule has 1 N–H and O–H groups in total. The number of aromatic nitrogens is 1. The molecular weight excluding hydrogens is 370 g/mol. The molecule has 0 amide bonds. The number of hydrogen-bond donors (Lipinski definition) is 1. The van der Waals surface area contributed by atoms with Crippen LogP contribution >= 0.6 is 0 Å². The molecule has 4 rings (SSSR count). The van der Waals surface area contributed by atoms with Gasteiger partial charge < -0.3 is 10.1 Å². The molecule has 1 aromatic heterocycles. The van der Waals surface area contributed by atoms with E-state index in [-0.39, 0.29) is 23.4 Å². The molecule has 0 aliphatic heterocycles. The lowest BCUT2D eigenvalue weighted by Crippen LogP contribution is -2.11. The van der Waals surface area contributed by atoms with Gasteiger partial charge in [0, 0.05) is 17.3 Å². The summed E-state index contributed by atoms with van der Waals surface area (Å²) in [5, 5.41) is 14.6. The van der Waals surface area contributed by atoms with Crippen LogP contribution in [0.1, 0.15) is 23.5 Å². The third-order valence-corrected chi connectivity index (χ3v) is 5.11. The highest BCUT2D eigenvalue weighted by atomic mass is 16.6. The lowest BCUT2D eigenvalue weighted by Gasteiger charge is -2.12. The first-order valence-electron chi connectivity index (χ1n) is 9.25. The number of carbonyl (C=O) groups excluding carboxylic acids is 1. The van der Waals surface area contributed by atoms with E-state index in [0.29, 0.717) is 17.8 Å². The first-order valence-corrected chi connectivity index (χ1v) is 9.25. The van der Waals surface area contributed by atoms with E-state index >= 15 is 0 Å². The van der Waals surface area contributed by atoms with Crippen LogP contribution in [0.15, 0.2) is 60.7 Å². The molecule has 1 unspecified atom stereocenters. The van der Waals surface area contributed by atoms with E-state index in [9.17, 15) is 14.9 Å². The summed E-state index contributed by atoms with van der Waals surface area (Å²) < 4.78 is 4.87. The Labute approximate surface area is 167 Å². The van der Waals surface area contributed by atoms with Crippen LogP contribution in [-0.4, -0.2) is 23.0 Å². The monoisotopic (exact) mass is 389 g/mol. The molecule has 0 saturated carbocycles. The van der Waals surface area contributed by atoms with Crippen LogP contribution in [0.4, 0.5) is 17.2 Å². The summed E-state index contributed by atoms with van der Waals surface area (Å²) in [4.78, 5) is 27.4. The highest BCUT2D eigenvalue weighted by Crippen LogP contribution is 2.37. The molecule has 7 heteroatoms. The topological polar surface area (TPSA) is 94.4 Å². The van der Waals surface area contributed by atoms with Crippen LogP contribution in [0.5, 0.6) is 0 Å². The summed E-state index contributed by atoms with van der Waals surface area (Å²) in [6.07, 6.45) is 1.46. The number of pyridine rings is 1. The first kappa shape index (κ1) is 18.6. The van der Waals surface area contributed by atoms with Gasteiger partial charge in [-0.05, 0) is 42.2 Å². The number of aryl methyl sites for hydroxylation is 1. The lowest BCUT2D eigenvalue weighted by molar-refractivity contribution is -0.384. The van der Waals surface area contributed by atoms with E-state index in [1.165, 1.54) is 13.2 Å². The molecule has 29 heavy (non-hydrogen) atoms. The summed E-state index contributed by atoms with van der Waals surface area (Å²) >= 11 is 0. The van der Waals surface area contributed by atoms with Crippen LogP contribution in [0.25, 0.3) is 11.3 Å². The second kappa shape index (κ2) is 7.71. The molecule has 0 spiro atoms. The Bertz CT molecular complexity index is 1080. The van der Waals surface area contributed by atoms with Crippen molar-refractivity contribution < 1.29 is 14.5 Å². The maximum Gasteiger partial charge on any atom is 0.313 e. The van der Waals surface area contributed by atoms with E-state index in [2.05, 4.69) is 10.3 Å². The van der Waals surface area contributed by atoms with Crippen LogP contribution in [-0.2, 0) is 16.0 Å². The number of nitro groups is 1. The maximum absolute atomic E-state index is 11.9. The van der Waals surface area contributed by atoms with Crippen molar-refractivity contribution in [2.24, 2.45) is 0 Å². The fourth-order valence-corrected chi connectivity index (χ4v) is 3.68. The molecule has 1 atom stereocenters. The minimum atomic E-state index is -0.454. The number of benzene rings is 2. The van der Waals surface area contributed by atoms with Gasteiger partial charge in [-0.1, -0.05) is 36.4 Å². The van der Waals surface area contributed by atoms with Crippen molar-refractivity contribution in [1.29, 1.82) is 0 Å². The van der Waals surface area contributed by atoms with Crippen molar-refractivity contribution >= 4 is 23.2 Å². The van der Waals surface area contributed by atoms with Gasteiger partial charge in [-0.25, -0.2) is 4.98 Å². The Morgan fingerprint density at radius 1 is 1.17 bits per heavy atom. The van der Waals surface area contributed by atoms with Gasteiger partial charge in [-0.2, -0.15) is 0 Å². The molecule has 1 aliphatic carbocycles. The number of ether oxygens (including phenoxy) is 1. The van der Waals surface area contributed by atoms with Gasteiger partial charge in [0.1, 0.15) is 0 Å². The Balaban J connectivity index is 1.67. The smallest absolute Gasteiger partial charge is 0.313 e. The number of fused-ring (bicyclic) bond motifs is 1. The molecule has 0 bridgehead atoms. The van der Waals surface area contributed by atoms with Crippen molar-refractivity contribution in [3.8, 4) is 11.3 Å². The molecule has 0 fully saturated rings. The van der Waals surface area contributed by atoms with E-state index in [1.54, 1.807) is 12.1 Å². The lowest BCUT2D eigenvalue weighted by atomic mass is 10.0. The van der Waals surface area contributed by atoms with Crippen LogP contribution in [0.2, 0.25) is 0 Å². The molecular formula is C22H19N3O4. The van der Waals surface area contributed by atoms with Gasteiger partial charge >= 0.3 is 11.7 Å². The zero-order chi connectivity index (χ0) is 20.4. The summed E-state index contributed by atoms with van der Waals surface area (Å²) in [6.45, 7) is 0. The van der Waals surface area contributed by atoms with Gasteiger partial charge in [0.15, 0.2) is 0 Å². The largest absolute Gasteiger partial charge is 0.469 e. The molecule has 0 saturated heterocycles. The molecule has 1 heterocycles. The van der Waals surface area contributed by atoms with Crippen molar-refractivity contribution in [3.63, 3.8) is 0 Å². The fraction of sp³-hybridized carbons (Fsp3) is 0.182. The minimum absolute atomic E-state index is 0.0994. The zero-order valence-corrected chi connectivity index (χ0v) is 15.8. The van der Waals surface area contributed by atoms with E-state index in [1.807, 2.05) is 42.5 Å². The van der Waals surface area contributed by atoms with Crippen LogP contribution < -0.4 is 5.32 Å². The Morgan fingerprint density at radius 3 is 2.69 bits per heavy atom. The SMILES string of the molecule is COC(=O)C1CCc2cc(Nc3nc(-c4ccccc4)ccc3[N+](=O)[O-])ccc21. The van der Waals surface area contributed by atoms with E-state index in [0.717, 1.165) is 23.1 Å². The number of anilines is 2. The molecule has 3 aromatic rings. The van der Waals surface area contributed by atoms with Gasteiger partial charge in [0.2, 0.25) is 5.82 Å². The Hall–Kier alpha value is -3.74. The predicted molar refractivity (Wildman–Crippen MR) is 109 cm³/mol. The molecule has 1 aliphatic rings. The Kier molecular flexibility index (Phi) is 4.95. The number of nitrogens with zero attached hydrogens (tertiary/aromatic N) is 2. The van der Waals surface area contributed by atoms with Gasteiger partial charge in [-0.3, -0.25) is 14.9 Å². The van der Waals surface area contributed by atoms with Gasteiger partial charge in [0.05, 0.1) is 23.6 Å². The summed E-state index contributed by atoms with van der Waals surface area (Å²) in [6, 6.07) is 18.2. The highest BCUT2D eigenvalue weighted by molar-refractivity contribution is 5.80. The maximum atomic E-state index is 11.9. The average Bonchev–Trinajstić information content (AvgIpc) is 3.17. The molecule has 2 aromatic carbocycles. The van der Waals surface area contributed by atoms with E-state index < -0.39 is 4.92 Å². The third kappa shape index (κ3) is 3.67. The van der Waals surface area contributed by atoms with E-state index in [4.69, 9.17) is 4.74 Å². The summed E-state index contributed by atoms with van der Waals surface area (Å²) in [5.41, 5.74) is 4.09. The number of methoxy groups -OCH3 is 1.